The minimum atomic E-state index is -0.458. The van der Waals surface area contributed by atoms with Crippen molar-refractivity contribution in [3.8, 4) is 5.75 Å². The van der Waals surface area contributed by atoms with Crippen LogP contribution in [0.4, 0.5) is 5.69 Å². The topological polar surface area (TPSA) is 93.8 Å². The van der Waals surface area contributed by atoms with Gasteiger partial charge < -0.3 is 23.9 Å². The van der Waals surface area contributed by atoms with Crippen molar-refractivity contribution < 1.29 is 18.7 Å². The van der Waals surface area contributed by atoms with Crippen LogP contribution < -0.4 is 15.6 Å². The summed E-state index contributed by atoms with van der Waals surface area (Å²) in [6, 6.07) is 13.8. The van der Waals surface area contributed by atoms with E-state index in [1.54, 1.807) is 54.1 Å². The minimum absolute atomic E-state index is 0.0134. The first kappa shape index (κ1) is 20.1. The molecule has 0 saturated carbocycles. The summed E-state index contributed by atoms with van der Waals surface area (Å²) in [4.78, 5) is 40.3. The number of anilines is 1. The Hall–Kier alpha value is -3.81. The first-order valence-electron chi connectivity index (χ1n) is 10.6. The molecule has 0 radical (unpaired) electrons. The van der Waals surface area contributed by atoms with E-state index in [-0.39, 0.29) is 34.7 Å². The Labute approximate surface area is 184 Å². The first-order valence-corrected chi connectivity index (χ1v) is 10.6. The second-order valence-electron chi connectivity index (χ2n) is 8.26. The van der Waals surface area contributed by atoms with Gasteiger partial charge in [-0.05, 0) is 60.9 Å². The molecule has 0 unspecified atom stereocenters. The summed E-state index contributed by atoms with van der Waals surface area (Å²) in [5, 5.41) is 2.65. The van der Waals surface area contributed by atoms with E-state index in [4.69, 9.17) is 9.15 Å². The quantitative estimate of drug-likeness (QED) is 0.683. The van der Waals surface area contributed by atoms with Crippen LogP contribution in [0.1, 0.15) is 38.9 Å². The van der Waals surface area contributed by atoms with Crippen LogP contribution in [-0.4, -0.2) is 41.5 Å². The molecular weight excluding hydrogens is 410 g/mol. The highest BCUT2D eigenvalue weighted by Gasteiger charge is 2.37. The molecule has 2 bridgehead atoms. The molecular formula is C24H23N3O5. The van der Waals surface area contributed by atoms with Gasteiger partial charge in [-0.2, -0.15) is 0 Å². The van der Waals surface area contributed by atoms with Gasteiger partial charge in [-0.3, -0.25) is 14.4 Å². The van der Waals surface area contributed by atoms with E-state index in [1.165, 1.54) is 6.26 Å². The van der Waals surface area contributed by atoms with Crippen LogP contribution in [-0.2, 0) is 6.54 Å². The summed E-state index contributed by atoms with van der Waals surface area (Å²) in [5.74, 6) is 0.641. The number of piperidine rings is 1. The Morgan fingerprint density at radius 3 is 2.59 bits per heavy atom. The average molecular weight is 433 g/mol. The molecule has 0 aliphatic carbocycles. The van der Waals surface area contributed by atoms with E-state index < -0.39 is 5.91 Å². The monoisotopic (exact) mass is 433 g/mol. The maximum atomic E-state index is 13.1. The van der Waals surface area contributed by atoms with Gasteiger partial charge in [0, 0.05) is 36.8 Å². The number of amides is 2. The third-order valence-corrected chi connectivity index (χ3v) is 6.22. The number of fused-ring (bicyclic) bond motifs is 4. The van der Waals surface area contributed by atoms with Crippen molar-refractivity contribution in [2.24, 2.45) is 5.92 Å². The molecule has 32 heavy (non-hydrogen) atoms. The lowest BCUT2D eigenvalue weighted by Gasteiger charge is -2.43. The lowest BCUT2D eigenvalue weighted by atomic mass is 9.83. The third kappa shape index (κ3) is 3.57. The fraction of sp³-hybridized carbons (Fsp3) is 0.292. The van der Waals surface area contributed by atoms with E-state index >= 15 is 0 Å². The van der Waals surface area contributed by atoms with Gasteiger partial charge in [-0.1, -0.05) is 0 Å². The molecule has 1 saturated heterocycles. The number of furan rings is 1. The number of aromatic nitrogens is 1. The summed E-state index contributed by atoms with van der Waals surface area (Å²) in [7, 11) is 1.59. The molecule has 1 aromatic carbocycles. The second-order valence-corrected chi connectivity index (χ2v) is 8.26. The summed E-state index contributed by atoms with van der Waals surface area (Å²) in [6.45, 7) is 1.66. The largest absolute Gasteiger partial charge is 0.497 e. The van der Waals surface area contributed by atoms with Crippen LogP contribution in [0.3, 0.4) is 0 Å². The number of rotatable bonds is 4. The van der Waals surface area contributed by atoms with Crippen LogP contribution in [0.25, 0.3) is 0 Å². The van der Waals surface area contributed by atoms with E-state index in [9.17, 15) is 14.4 Å². The van der Waals surface area contributed by atoms with Crippen LogP contribution >= 0.6 is 0 Å². The zero-order chi connectivity index (χ0) is 22.2. The molecule has 5 rings (SSSR count). The van der Waals surface area contributed by atoms with Gasteiger partial charge in [0.05, 0.1) is 13.4 Å². The predicted molar refractivity (Wildman–Crippen MR) is 117 cm³/mol. The van der Waals surface area contributed by atoms with Crippen molar-refractivity contribution in [2.75, 3.05) is 25.5 Å². The third-order valence-electron chi connectivity index (χ3n) is 6.22. The minimum Gasteiger partial charge on any atom is -0.497 e. The first-order chi connectivity index (χ1) is 15.5. The summed E-state index contributed by atoms with van der Waals surface area (Å²) >= 11 is 0. The molecule has 8 heteroatoms. The predicted octanol–water partition coefficient (Wildman–Crippen LogP) is 2.96. The Morgan fingerprint density at radius 2 is 1.88 bits per heavy atom. The molecule has 2 aliphatic rings. The van der Waals surface area contributed by atoms with E-state index in [2.05, 4.69) is 5.32 Å². The van der Waals surface area contributed by atoms with Crippen LogP contribution in [0, 0.1) is 5.92 Å². The fourth-order valence-corrected chi connectivity index (χ4v) is 4.71. The van der Waals surface area contributed by atoms with Gasteiger partial charge in [0.1, 0.15) is 11.4 Å². The number of hydrogen-bond acceptors (Lipinski definition) is 5. The number of nitrogens with one attached hydrogen (secondary N) is 1. The molecule has 0 spiro atoms. The van der Waals surface area contributed by atoms with Crippen molar-refractivity contribution in [3.05, 3.63) is 82.2 Å². The van der Waals surface area contributed by atoms with Crippen molar-refractivity contribution >= 4 is 17.5 Å². The molecule has 2 aliphatic heterocycles. The maximum Gasteiger partial charge on any atom is 0.291 e. The fourth-order valence-electron chi connectivity index (χ4n) is 4.71. The molecule has 2 aromatic heterocycles. The molecule has 1 N–H and O–H groups in total. The number of hydrogen-bond donors (Lipinski definition) is 1. The molecule has 3 aromatic rings. The van der Waals surface area contributed by atoms with Crippen molar-refractivity contribution in [3.63, 3.8) is 0 Å². The number of carbonyl (C=O) groups excluding carboxylic acids is 2. The van der Waals surface area contributed by atoms with Gasteiger partial charge in [0.15, 0.2) is 5.76 Å². The summed E-state index contributed by atoms with van der Waals surface area (Å²) < 4.78 is 12.0. The van der Waals surface area contributed by atoms with Gasteiger partial charge in [0.2, 0.25) is 0 Å². The number of pyridine rings is 1. The lowest BCUT2D eigenvalue weighted by Crippen LogP contribution is -2.49. The van der Waals surface area contributed by atoms with Crippen molar-refractivity contribution in [2.45, 2.75) is 18.9 Å². The van der Waals surface area contributed by atoms with Gasteiger partial charge in [-0.15, -0.1) is 0 Å². The number of methoxy groups -OCH3 is 1. The Bertz CT molecular complexity index is 1210. The van der Waals surface area contributed by atoms with E-state index in [0.717, 1.165) is 12.1 Å². The number of nitrogens with zero attached hydrogens (tertiary/aromatic N) is 2. The average Bonchev–Trinajstić information content (AvgIpc) is 3.36. The lowest BCUT2D eigenvalue weighted by molar-refractivity contribution is 0.0594. The normalized spacial score (nSPS) is 19.2. The highest BCUT2D eigenvalue weighted by Crippen LogP contribution is 2.36. The van der Waals surface area contributed by atoms with E-state index in [1.807, 2.05) is 11.0 Å². The highest BCUT2D eigenvalue weighted by molar-refractivity contribution is 6.02. The molecule has 8 nitrogen and oxygen atoms in total. The number of likely N-dealkylation sites (tertiary alicyclic amines) is 1. The van der Waals surface area contributed by atoms with Crippen LogP contribution in [0.15, 0.2) is 64.0 Å². The summed E-state index contributed by atoms with van der Waals surface area (Å²) in [5.41, 5.74) is 1.52. The number of carbonyl (C=O) groups is 2. The molecule has 4 heterocycles. The maximum absolute atomic E-state index is 13.1. The zero-order valence-corrected chi connectivity index (χ0v) is 17.6. The second kappa shape index (κ2) is 8.03. The van der Waals surface area contributed by atoms with E-state index in [0.29, 0.717) is 30.9 Å². The van der Waals surface area contributed by atoms with Crippen LogP contribution in [0.5, 0.6) is 5.75 Å². The van der Waals surface area contributed by atoms with Crippen molar-refractivity contribution in [1.82, 2.24) is 9.47 Å². The Morgan fingerprint density at radius 1 is 1.06 bits per heavy atom. The summed E-state index contributed by atoms with van der Waals surface area (Å²) in [6.07, 6.45) is 2.35. The highest BCUT2D eigenvalue weighted by atomic mass is 16.5. The van der Waals surface area contributed by atoms with Gasteiger partial charge >= 0.3 is 0 Å². The number of benzene rings is 1. The van der Waals surface area contributed by atoms with Gasteiger partial charge in [0.25, 0.3) is 17.4 Å². The zero-order valence-electron chi connectivity index (χ0n) is 17.6. The molecule has 1 fully saturated rings. The standard InChI is InChI=1S/C24H23N3O5/c1-31-18-6-4-16(5-7-18)23(29)26-12-15-11-17(14-26)20-9-8-19(24(30)27(20)13-15)25-22(28)21-3-2-10-32-21/h2-10,15,17H,11-14H2,1H3,(H,25,28)/t15-,17-/m1/s1. The SMILES string of the molecule is COc1ccc(C(=O)N2C[C@H]3C[C@H](C2)c2ccc(NC(=O)c4ccco4)c(=O)n2C3)cc1. The molecule has 2 amide bonds. The molecule has 164 valence electrons. The van der Waals surface area contributed by atoms with Gasteiger partial charge in [-0.25, -0.2) is 0 Å². The Kier molecular flexibility index (Phi) is 5.05. The smallest absolute Gasteiger partial charge is 0.291 e. The molecule has 2 atom stereocenters. The Balaban J connectivity index is 1.36. The number of ether oxygens (including phenoxy) is 1. The van der Waals surface area contributed by atoms with Crippen LogP contribution in [0.2, 0.25) is 0 Å². The van der Waals surface area contributed by atoms with Crippen molar-refractivity contribution in [1.29, 1.82) is 0 Å².